The Kier molecular flexibility index (Phi) is 5.26. The molecule has 134 valence electrons. The average molecular weight is 351 g/mol. The minimum absolute atomic E-state index is 0.124. The Bertz CT molecular complexity index is 1020. The summed E-state index contributed by atoms with van der Waals surface area (Å²) in [5.41, 5.74) is 2.60. The normalized spacial score (nSPS) is 11.3. The zero-order valence-corrected chi connectivity index (χ0v) is 14.8. The summed E-state index contributed by atoms with van der Waals surface area (Å²) in [5.74, 6) is -0.155. The van der Waals surface area contributed by atoms with Crippen molar-refractivity contribution in [3.63, 3.8) is 0 Å². The fraction of sp³-hybridized carbons (Fsp3) is 0.263. The molecule has 2 heterocycles. The van der Waals surface area contributed by atoms with Crippen molar-refractivity contribution < 1.29 is 4.79 Å². The van der Waals surface area contributed by atoms with E-state index in [0.717, 1.165) is 11.1 Å². The number of fused-ring (bicyclic) bond motifs is 1. The molecule has 7 nitrogen and oxygen atoms in total. The maximum atomic E-state index is 12.7. The van der Waals surface area contributed by atoms with Gasteiger partial charge in [-0.1, -0.05) is 35.9 Å². The largest absolute Gasteiger partial charge is 0.351 e. The first kappa shape index (κ1) is 17.6. The van der Waals surface area contributed by atoms with Crippen LogP contribution in [-0.2, 0) is 17.9 Å². The lowest BCUT2D eigenvalue weighted by atomic mass is 10.1. The van der Waals surface area contributed by atoms with Crippen molar-refractivity contribution >= 4 is 16.9 Å². The number of aryl methyl sites for hydroxylation is 1. The topological polar surface area (TPSA) is 81.8 Å². The van der Waals surface area contributed by atoms with E-state index in [1.54, 1.807) is 28.6 Å². The Morgan fingerprint density at radius 1 is 1.35 bits per heavy atom. The molecular weight excluding hydrogens is 330 g/mol. The second-order valence-corrected chi connectivity index (χ2v) is 6.06. The number of amides is 1. The summed E-state index contributed by atoms with van der Waals surface area (Å²) in [7, 11) is 0. The van der Waals surface area contributed by atoms with Crippen LogP contribution in [0, 0.1) is 6.92 Å². The zero-order chi connectivity index (χ0) is 18.5. The molecule has 0 saturated carbocycles. The first-order chi connectivity index (χ1) is 12.6. The molecular formula is C19H21N5O2. The third kappa shape index (κ3) is 3.88. The van der Waals surface area contributed by atoms with Crippen LogP contribution >= 0.6 is 0 Å². The van der Waals surface area contributed by atoms with Crippen LogP contribution in [0.25, 0.3) is 11.0 Å². The van der Waals surface area contributed by atoms with E-state index in [4.69, 9.17) is 0 Å². The van der Waals surface area contributed by atoms with E-state index >= 15 is 0 Å². The zero-order valence-electron chi connectivity index (χ0n) is 14.8. The quantitative estimate of drug-likeness (QED) is 0.685. The SMILES string of the molecule is C/C=C\C(=O)NCCn1ncc2c(=O)n(Cc3cccc(C)c3)cnc21. The molecule has 0 atom stereocenters. The van der Waals surface area contributed by atoms with Gasteiger partial charge in [-0.15, -0.1) is 0 Å². The Labute approximate surface area is 151 Å². The molecule has 1 amide bonds. The van der Waals surface area contributed by atoms with Crippen molar-refractivity contribution in [1.29, 1.82) is 0 Å². The van der Waals surface area contributed by atoms with Crippen molar-refractivity contribution in [1.82, 2.24) is 24.6 Å². The minimum atomic E-state index is -0.155. The van der Waals surface area contributed by atoms with Gasteiger partial charge in [0.05, 0.1) is 19.3 Å². The summed E-state index contributed by atoms with van der Waals surface area (Å²) in [6, 6.07) is 8.03. The van der Waals surface area contributed by atoms with Crippen LogP contribution in [0.2, 0.25) is 0 Å². The third-order valence-corrected chi connectivity index (χ3v) is 4.00. The van der Waals surface area contributed by atoms with Gasteiger partial charge in [0.25, 0.3) is 5.56 Å². The summed E-state index contributed by atoms with van der Waals surface area (Å²) in [5, 5.41) is 7.46. The molecule has 3 aromatic rings. The predicted molar refractivity (Wildman–Crippen MR) is 99.9 cm³/mol. The van der Waals surface area contributed by atoms with Gasteiger partial charge in [0.1, 0.15) is 11.7 Å². The van der Waals surface area contributed by atoms with Gasteiger partial charge in [0, 0.05) is 6.54 Å². The summed E-state index contributed by atoms with van der Waals surface area (Å²) in [6.45, 7) is 5.13. The highest BCUT2D eigenvalue weighted by Crippen LogP contribution is 2.08. The smallest absolute Gasteiger partial charge is 0.264 e. The number of nitrogens with one attached hydrogen (secondary N) is 1. The lowest BCUT2D eigenvalue weighted by Gasteiger charge is -2.07. The van der Waals surface area contributed by atoms with E-state index in [1.165, 1.54) is 12.3 Å². The van der Waals surface area contributed by atoms with E-state index in [0.29, 0.717) is 30.7 Å². The number of allylic oxidation sites excluding steroid dienone is 1. The van der Waals surface area contributed by atoms with Gasteiger partial charge in [0.2, 0.25) is 5.91 Å². The summed E-state index contributed by atoms with van der Waals surface area (Å²) < 4.78 is 3.21. The van der Waals surface area contributed by atoms with E-state index in [1.807, 2.05) is 31.2 Å². The van der Waals surface area contributed by atoms with Gasteiger partial charge in [-0.25, -0.2) is 9.67 Å². The lowest BCUT2D eigenvalue weighted by molar-refractivity contribution is -0.116. The van der Waals surface area contributed by atoms with Crippen LogP contribution < -0.4 is 10.9 Å². The van der Waals surface area contributed by atoms with Crippen LogP contribution in [0.5, 0.6) is 0 Å². The van der Waals surface area contributed by atoms with Crippen molar-refractivity contribution in [2.75, 3.05) is 6.54 Å². The summed E-state index contributed by atoms with van der Waals surface area (Å²) in [4.78, 5) is 28.5. The maximum Gasteiger partial charge on any atom is 0.264 e. The van der Waals surface area contributed by atoms with E-state index in [9.17, 15) is 9.59 Å². The number of carbonyl (C=O) groups is 1. The molecule has 1 N–H and O–H groups in total. The highest BCUT2D eigenvalue weighted by molar-refractivity contribution is 5.87. The van der Waals surface area contributed by atoms with Gasteiger partial charge >= 0.3 is 0 Å². The number of benzene rings is 1. The van der Waals surface area contributed by atoms with Crippen LogP contribution in [0.4, 0.5) is 0 Å². The van der Waals surface area contributed by atoms with Gasteiger partial charge < -0.3 is 5.32 Å². The summed E-state index contributed by atoms with van der Waals surface area (Å²) >= 11 is 0. The highest BCUT2D eigenvalue weighted by atomic mass is 16.1. The second kappa shape index (κ2) is 7.77. The van der Waals surface area contributed by atoms with Gasteiger partial charge in [-0.2, -0.15) is 5.10 Å². The highest BCUT2D eigenvalue weighted by Gasteiger charge is 2.10. The molecule has 26 heavy (non-hydrogen) atoms. The number of carbonyl (C=O) groups excluding carboxylic acids is 1. The van der Waals surface area contributed by atoms with Gasteiger partial charge in [-0.3, -0.25) is 14.2 Å². The minimum Gasteiger partial charge on any atom is -0.351 e. The van der Waals surface area contributed by atoms with Gasteiger partial charge in [-0.05, 0) is 25.5 Å². The number of nitrogens with zero attached hydrogens (tertiary/aromatic N) is 4. The molecule has 0 aliphatic carbocycles. The summed E-state index contributed by atoms with van der Waals surface area (Å²) in [6.07, 6.45) is 6.22. The molecule has 0 fully saturated rings. The molecule has 2 aromatic heterocycles. The Morgan fingerprint density at radius 2 is 2.19 bits per heavy atom. The van der Waals surface area contributed by atoms with Crippen molar-refractivity contribution in [2.45, 2.75) is 26.9 Å². The van der Waals surface area contributed by atoms with Crippen LogP contribution in [-0.4, -0.2) is 31.8 Å². The van der Waals surface area contributed by atoms with Crippen molar-refractivity contribution in [2.24, 2.45) is 0 Å². The van der Waals surface area contributed by atoms with Crippen LogP contribution in [0.3, 0.4) is 0 Å². The number of hydrogen-bond donors (Lipinski definition) is 1. The molecule has 0 radical (unpaired) electrons. The first-order valence-electron chi connectivity index (χ1n) is 8.45. The lowest BCUT2D eigenvalue weighted by Crippen LogP contribution is -2.26. The van der Waals surface area contributed by atoms with Crippen molar-refractivity contribution in [3.05, 3.63) is 70.4 Å². The molecule has 0 aliphatic rings. The Morgan fingerprint density at radius 3 is 2.96 bits per heavy atom. The fourth-order valence-electron chi connectivity index (χ4n) is 2.78. The third-order valence-electron chi connectivity index (χ3n) is 4.00. The molecule has 0 saturated heterocycles. The van der Waals surface area contributed by atoms with Gasteiger partial charge in [0.15, 0.2) is 5.65 Å². The molecule has 0 spiro atoms. The van der Waals surface area contributed by atoms with Crippen molar-refractivity contribution in [3.8, 4) is 0 Å². The molecule has 7 heteroatoms. The number of aromatic nitrogens is 4. The van der Waals surface area contributed by atoms with Crippen LogP contribution in [0.1, 0.15) is 18.1 Å². The second-order valence-electron chi connectivity index (χ2n) is 6.06. The van der Waals surface area contributed by atoms with E-state index < -0.39 is 0 Å². The standard InChI is InChI=1S/C19H21N5O2/c1-3-5-17(25)20-8-9-24-18-16(11-22-24)19(26)23(13-21-18)12-15-7-4-6-14(2)10-15/h3-7,10-11,13H,8-9,12H2,1-2H3,(H,20,25)/b5-3-. The maximum absolute atomic E-state index is 12.7. The van der Waals surface area contributed by atoms with E-state index in [2.05, 4.69) is 15.4 Å². The van der Waals surface area contributed by atoms with E-state index in [-0.39, 0.29) is 11.5 Å². The predicted octanol–water partition coefficient (Wildman–Crippen LogP) is 1.64. The monoisotopic (exact) mass is 351 g/mol. The fourth-order valence-corrected chi connectivity index (χ4v) is 2.78. The number of rotatable bonds is 6. The Balaban J connectivity index is 1.78. The Hall–Kier alpha value is -3.22. The first-order valence-corrected chi connectivity index (χ1v) is 8.45. The molecule has 0 unspecified atom stereocenters. The molecule has 3 rings (SSSR count). The number of hydrogen-bond acceptors (Lipinski definition) is 4. The molecule has 0 bridgehead atoms. The molecule has 0 aliphatic heterocycles. The molecule has 1 aromatic carbocycles. The van der Waals surface area contributed by atoms with Crippen LogP contribution in [0.15, 0.2) is 53.7 Å². The average Bonchev–Trinajstić information content (AvgIpc) is 3.02.